The minimum Gasteiger partial charge on any atom is -0.353 e. The van der Waals surface area contributed by atoms with E-state index in [1.807, 2.05) is 60.7 Å². The number of benzene rings is 3. The molecule has 1 aromatic heterocycles. The van der Waals surface area contributed by atoms with E-state index in [1.165, 1.54) is 6.07 Å². The number of carbonyl (C=O) groups is 2. The quantitative estimate of drug-likeness (QED) is 0.391. The predicted octanol–water partition coefficient (Wildman–Crippen LogP) is 4.36. The number of aromatic nitrogens is 2. The molecule has 6 rings (SSSR count). The van der Waals surface area contributed by atoms with Crippen LogP contribution in [0.5, 0.6) is 0 Å². The molecule has 3 heterocycles. The molecule has 2 fully saturated rings. The number of hydrogen-bond donors (Lipinski definition) is 1. The number of piperidine rings is 1. The number of rotatable bonds is 6. The van der Waals surface area contributed by atoms with Crippen LogP contribution in [0.4, 0.5) is 16.0 Å². The summed E-state index contributed by atoms with van der Waals surface area (Å²) >= 11 is 0. The molecule has 0 bridgehead atoms. The molecule has 0 saturated carbocycles. The second-order valence-electron chi connectivity index (χ2n) is 10.1. The molecule has 2 aliphatic heterocycles. The second kappa shape index (κ2) is 10.3. The maximum atomic E-state index is 13.9. The number of imidazole rings is 1. The molecule has 7 nitrogen and oxygen atoms in total. The number of halogens is 1. The highest BCUT2D eigenvalue weighted by Gasteiger charge is 2.38. The van der Waals surface area contributed by atoms with Gasteiger partial charge < -0.3 is 19.7 Å². The molecule has 0 radical (unpaired) electrons. The van der Waals surface area contributed by atoms with Crippen molar-refractivity contribution >= 4 is 34.5 Å². The summed E-state index contributed by atoms with van der Waals surface area (Å²) in [4.78, 5) is 34.8. The highest BCUT2D eigenvalue weighted by Crippen LogP contribution is 2.28. The summed E-state index contributed by atoms with van der Waals surface area (Å²) in [7, 11) is 0. The van der Waals surface area contributed by atoms with Crippen molar-refractivity contribution in [3.8, 4) is 0 Å². The monoisotopic (exact) mass is 511 g/mol. The summed E-state index contributed by atoms with van der Waals surface area (Å²) < 4.78 is 16.0. The summed E-state index contributed by atoms with van der Waals surface area (Å²) in [6.07, 6.45) is 2.05. The van der Waals surface area contributed by atoms with Gasteiger partial charge in [-0.05, 0) is 61.2 Å². The van der Waals surface area contributed by atoms with Gasteiger partial charge in [0.05, 0.1) is 17.6 Å². The summed E-state index contributed by atoms with van der Waals surface area (Å²) in [6.45, 7) is 2.53. The van der Waals surface area contributed by atoms with Crippen molar-refractivity contribution in [2.24, 2.45) is 5.92 Å². The van der Waals surface area contributed by atoms with Crippen molar-refractivity contribution in [3.63, 3.8) is 0 Å². The van der Waals surface area contributed by atoms with Gasteiger partial charge in [0.2, 0.25) is 17.8 Å². The zero-order valence-corrected chi connectivity index (χ0v) is 21.1. The van der Waals surface area contributed by atoms with Crippen LogP contribution in [0.15, 0.2) is 78.9 Å². The normalized spacial score (nSPS) is 18.3. The maximum Gasteiger partial charge on any atom is 0.239 e. The first-order valence-corrected chi connectivity index (χ1v) is 13.2. The van der Waals surface area contributed by atoms with Crippen molar-refractivity contribution in [2.75, 3.05) is 29.4 Å². The topological polar surface area (TPSA) is 70.5 Å². The average molecular weight is 512 g/mol. The minimum absolute atomic E-state index is 0.0124. The van der Waals surface area contributed by atoms with Crippen molar-refractivity contribution in [1.29, 1.82) is 0 Å². The van der Waals surface area contributed by atoms with E-state index in [0.29, 0.717) is 19.5 Å². The molecular formula is C30H30FN5O2. The van der Waals surface area contributed by atoms with Crippen molar-refractivity contribution < 1.29 is 14.0 Å². The Kier molecular flexibility index (Phi) is 6.54. The lowest BCUT2D eigenvalue weighted by molar-refractivity contribution is -0.132. The molecule has 1 N–H and O–H groups in total. The first-order valence-electron chi connectivity index (χ1n) is 13.2. The number of anilines is 2. The largest absolute Gasteiger partial charge is 0.353 e. The zero-order chi connectivity index (χ0) is 26.1. The van der Waals surface area contributed by atoms with Crippen LogP contribution in [0.25, 0.3) is 11.0 Å². The van der Waals surface area contributed by atoms with Gasteiger partial charge in [-0.3, -0.25) is 9.59 Å². The SMILES string of the molecule is O=C(NC1CCN(c2nc3ccccc3n2Cc2cccc(F)c2)CC1)C1CCN(c2ccccc2)C1=O. The smallest absolute Gasteiger partial charge is 0.239 e. The molecule has 38 heavy (non-hydrogen) atoms. The molecule has 4 aromatic rings. The van der Waals surface area contributed by atoms with E-state index in [4.69, 9.17) is 4.98 Å². The van der Waals surface area contributed by atoms with Crippen LogP contribution in [-0.4, -0.2) is 47.0 Å². The third-order valence-electron chi connectivity index (χ3n) is 7.58. The summed E-state index contributed by atoms with van der Waals surface area (Å²) in [5, 5.41) is 3.14. The first kappa shape index (κ1) is 24.2. The van der Waals surface area contributed by atoms with Gasteiger partial charge in [-0.25, -0.2) is 9.37 Å². The maximum absolute atomic E-state index is 13.9. The van der Waals surface area contributed by atoms with Gasteiger partial charge in [-0.1, -0.05) is 42.5 Å². The van der Waals surface area contributed by atoms with E-state index in [0.717, 1.165) is 54.2 Å². The Hall–Kier alpha value is -4.20. The third-order valence-corrected chi connectivity index (χ3v) is 7.58. The molecule has 2 saturated heterocycles. The lowest BCUT2D eigenvalue weighted by Crippen LogP contribution is -2.48. The van der Waals surface area contributed by atoms with Crippen molar-refractivity contribution in [1.82, 2.24) is 14.9 Å². The zero-order valence-electron chi connectivity index (χ0n) is 21.1. The molecule has 0 spiro atoms. The first-order chi connectivity index (χ1) is 18.6. The van der Waals surface area contributed by atoms with Crippen LogP contribution in [0.3, 0.4) is 0 Å². The number of amides is 2. The standard InChI is InChI=1S/C30H30FN5O2/c31-22-8-6-7-21(19-22)20-36-27-12-5-4-11-26(27)33-30(36)34-16-13-23(14-17-34)32-28(37)25-15-18-35(29(25)38)24-9-2-1-3-10-24/h1-12,19,23,25H,13-18,20H2,(H,32,37). The van der Waals surface area contributed by atoms with Gasteiger partial charge in [-0.2, -0.15) is 0 Å². The van der Waals surface area contributed by atoms with E-state index in [2.05, 4.69) is 14.8 Å². The Balaban J connectivity index is 1.12. The number of fused-ring (bicyclic) bond motifs is 1. The van der Waals surface area contributed by atoms with Crippen molar-refractivity contribution in [3.05, 3.63) is 90.2 Å². The molecule has 0 aliphatic carbocycles. The van der Waals surface area contributed by atoms with Crippen LogP contribution >= 0.6 is 0 Å². The van der Waals surface area contributed by atoms with Crippen LogP contribution in [0.1, 0.15) is 24.8 Å². The van der Waals surface area contributed by atoms with E-state index < -0.39 is 5.92 Å². The van der Waals surface area contributed by atoms with Gasteiger partial charge >= 0.3 is 0 Å². The van der Waals surface area contributed by atoms with Gasteiger partial charge in [0.1, 0.15) is 11.7 Å². The van der Waals surface area contributed by atoms with E-state index in [9.17, 15) is 14.0 Å². The Morgan fingerprint density at radius 1 is 0.921 bits per heavy atom. The summed E-state index contributed by atoms with van der Waals surface area (Å²) in [5.41, 5.74) is 3.62. The number of nitrogens with zero attached hydrogens (tertiary/aromatic N) is 4. The Labute approximate surface area is 220 Å². The molecule has 1 atom stereocenters. The average Bonchev–Trinajstić information content (AvgIpc) is 3.50. The Morgan fingerprint density at radius 2 is 1.68 bits per heavy atom. The van der Waals surface area contributed by atoms with Crippen LogP contribution in [0, 0.1) is 11.7 Å². The van der Waals surface area contributed by atoms with E-state index in [-0.39, 0.29) is 23.7 Å². The molecule has 3 aromatic carbocycles. The van der Waals surface area contributed by atoms with E-state index >= 15 is 0 Å². The molecule has 2 amide bonds. The Morgan fingerprint density at radius 3 is 2.47 bits per heavy atom. The molecule has 1 unspecified atom stereocenters. The van der Waals surface area contributed by atoms with Gasteiger partial charge in [-0.15, -0.1) is 0 Å². The van der Waals surface area contributed by atoms with Crippen LogP contribution < -0.4 is 15.1 Å². The number of nitrogens with one attached hydrogen (secondary N) is 1. The molecule has 2 aliphatic rings. The predicted molar refractivity (Wildman–Crippen MR) is 146 cm³/mol. The highest BCUT2D eigenvalue weighted by molar-refractivity contribution is 6.09. The number of carbonyl (C=O) groups excluding carboxylic acids is 2. The Bertz CT molecular complexity index is 1460. The van der Waals surface area contributed by atoms with E-state index in [1.54, 1.807) is 17.0 Å². The highest BCUT2D eigenvalue weighted by atomic mass is 19.1. The fraction of sp³-hybridized carbons (Fsp3) is 0.300. The summed E-state index contributed by atoms with van der Waals surface area (Å²) in [5.74, 6) is -0.339. The van der Waals surface area contributed by atoms with Gasteiger partial charge in [0.25, 0.3) is 0 Å². The number of hydrogen-bond acceptors (Lipinski definition) is 4. The third kappa shape index (κ3) is 4.74. The lowest BCUT2D eigenvalue weighted by Gasteiger charge is -2.33. The van der Waals surface area contributed by atoms with Gasteiger partial charge in [0.15, 0.2) is 0 Å². The summed E-state index contributed by atoms with van der Waals surface area (Å²) in [6, 6.07) is 24.2. The number of para-hydroxylation sites is 3. The minimum atomic E-state index is -0.635. The second-order valence-corrected chi connectivity index (χ2v) is 10.1. The molecule has 8 heteroatoms. The van der Waals surface area contributed by atoms with Crippen LogP contribution in [-0.2, 0) is 16.1 Å². The van der Waals surface area contributed by atoms with Crippen LogP contribution in [0.2, 0.25) is 0 Å². The lowest BCUT2D eigenvalue weighted by atomic mass is 10.0. The fourth-order valence-electron chi connectivity index (χ4n) is 5.59. The fourth-order valence-corrected chi connectivity index (χ4v) is 5.59. The molecular weight excluding hydrogens is 481 g/mol. The molecule has 194 valence electrons. The van der Waals surface area contributed by atoms with Crippen molar-refractivity contribution in [2.45, 2.75) is 31.8 Å². The van der Waals surface area contributed by atoms with Gasteiger partial charge in [0, 0.05) is 31.4 Å².